The van der Waals surface area contributed by atoms with Crippen molar-refractivity contribution in [2.45, 2.75) is 18.0 Å². The summed E-state index contributed by atoms with van der Waals surface area (Å²) in [6.45, 7) is 3.52. The number of aromatic nitrogens is 3. The first kappa shape index (κ1) is 32.5. The van der Waals surface area contributed by atoms with Gasteiger partial charge < -0.3 is 16.0 Å². The third-order valence-electron chi connectivity index (χ3n) is 7.86. The van der Waals surface area contributed by atoms with Crippen molar-refractivity contribution in [3.63, 3.8) is 0 Å². The van der Waals surface area contributed by atoms with Gasteiger partial charge in [0.15, 0.2) is 5.13 Å². The van der Waals surface area contributed by atoms with Gasteiger partial charge in [-0.3, -0.25) is 4.79 Å². The van der Waals surface area contributed by atoms with Crippen molar-refractivity contribution in [3.05, 3.63) is 89.8 Å². The van der Waals surface area contributed by atoms with E-state index in [1.54, 1.807) is 42.7 Å². The summed E-state index contributed by atoms with van der Waals surface area (Å²) in [5.74, 6) is -2.17. The highest BCUT2D eigenvalue weighted by atomic mass is 32.2. The minimum atomic E-state index is -4.50. The SMILES string of the molecule is CC1C(C(F)(F)F)=CC=CC1C(=O)Nc1nc2ccc(/C=C/c3cnc(Nc4ccc(S(=O)(=O)N5CCNCC5)cc4)nc3)cc2s1. The fourth-order valence-electron chi connectivity index (χ4n) is 5.30. The summed E-state index contributed by atoms with van der Waals surface area (Å²) in [5, 5.41) is 9.21. The van der Waals surface area contributed by atoms with Crippen LogP contribution in [-0.2, 0) is 14.8 Å². The minimum absolute atomic E-state index is 0.232. The van der Waals surface area contributed by atoms with E-state index in [9.17, 15) is 26.4 Å². The summed E-state index contributed by atoms with van der Waals surface area (Å²) in [4.78, 5) is 26.2. The molecule has 10 nitrogen and oxygen atoms in total. The van der Waals surface area contributed by atoms with Gasteiger partial charge in [0.1, 0.15) is 0 Å². The molecule has 0 bridgehead atoms. The Balaban J connectivity index is 1.06. The average Bonchev–Trinajstić information content (AvgIpc) is 3.46. The average molecular weight is 682 g/mol. The van der Waals surface area contributed by atoms with Crippen molar-refractivity contribution in [1.82, 2.24) is 24.6 Å². The second kappa shape index (κ2) is 13.4. The number of anilines is 3. The number of carbonyl (C=O) groups is 1. The second-order valence-electron chi connectivity index (χ2n) is 11.0. The molecule has 4 aromatic rings. The molecular formula is C32H30F3N7O3S2. The lowest BCUT2D eigenvalue weighted by Crippen LogP contribution is -2.46. The zero-order chi connectivity index (χ0) is 33.2. The lowest BCUT2D eigenvalue weighted by molar-refractivity contribution is -0.121. The fraction of sp³-hybridized carbons (Fsp3) is 0.250. The fourth-order valence-corrected chi connectivity index (χ4v) is 7.66. The molecule has 15 heteroatoms. The number of sulfonamides is 1. The molecule has 2 aromatic carbocycles. The van der Waals surface area contributed by atoms with Gasteiger partial charge in [0.2, 0.25) is 21.9 Å². The molecule has 1 aliphatic carbocycles. The number of piperazine rings is 1. The van der Waals surface area contributed by atoms with Crippen LogP contribution >= 0.6 is 11.3 Å². The van der Waals surface area contributed by atoms with Crippen LogP contribution < -0.4 is 16.0 Å². The minimum Gasteiger partial charge on any atom is -0.324 e. The monoisotopic (exact) mass is 681 g/mol. The Morgan fingerprint density at radius 2 is 1.74 bits per heavy atom. The van der Waals surface area contributed by atoms with Gasteiger partial charge in [0.05, 0.1) is 21.0 Å². The van der Waals surface area contributed by atoms with Gasteiger partial charge in [-0.1, -0.05) is 54.7 Å². The maximum absolute atomic E-state index is 13.3. The van der Waals surface area contributed by atoms with Crippen LogP contribution in [0.15, 0.2) is 83.6 Å². The van der Waals surface area contributed by atoms with Crippen LogP contribution in [0.2, 0.25) is 0 Å². The van der Waals surface area contributed by atoms with Gasteiger partial charge in [-0.15, -0.1) is 0 Å². The molecule has 1 amide bonds. The molecule has 244 valence electrons. The number of hydrogen-bond donors (Lipinski definition) is 3. The molecule has 3 heterocycles. The summed E-state index contributed by atoms with van der Waals surface area (Å²) in [6.07, 6.45) is 6.25. The number of nitrogens with zero attached hydrogens (tertiary/aromatic N) is 4. The van der Waals surface area contributed by atoms with E-state index in [-0.39, 0.29) is 4.90 Å². The summed E-state index contributed by atoms with van der Waals surface area (Å²) in [7, 11) is -3.54. The van der Waals surface area contributed by atoms with E-state index >= 15 is 0 Å². The molecular weight excluding hydrogens is 652 g/mol. The molecule has 1 saturated heterocycles. The molecule has 1 aliphatic heterocycles. The first-order chi connectivity index (χ1) is 22.5. The highest BCUT2D eigenvalue weighted by Crippen LogP contribution is 2.38. The van der Waals surface area contributed by atoms with Crippen molar-refractivity contribution in [2.75, 3.05) is 36.8 Å². The summed E-state index contributed by atoms with van der Waals surface area (Å²) in [5.41, 5.74) is 2.17. The summed E-state index contributed by atoms with van der Waals surface area (Å²) >= 11 is 1.24. The predicted molar refractivity (Wildman–Crippen MR) is 176 cm³/mol. The van der Waals surface area contributed by atoms with Crippen molar-refractivity contribution in [2.24, 2.45) is 11.8 Å². The number of alkyl halides is 3. The van der Waals surface area contributed by atoms with Gasteiger partial charge in [-0.05, 0) is 42.0 Å². The van der Waals surface area contributed by atoms with Crippen LogP contribution in [0.25, 0.3) is 22.4 Å². The van der Waals surface area contributed by atoms with Gasteiger partial charge in [-0.2, -0.15) is 17.5 Å². The van der Waals surface area contributed by atoms with E-state index < -0.39 is 39.5 Å². The Labute approximate surface area is 273 Å². The number of allylic oxidation sites excluding steroid dienone is 3. The third-order valence-corrected chi connectivity index (χ3v) is 10.7. The number of fused-ring (bicyclic) bond motifs is 1. The lowest BCUT2D eigenvalue weighted by Gasteiger charge is -2.26. The van der Waals surface area contributed by atoms with E-state index in [4.69, 9.17) is 0 Å². The molecule has 2 unspecified atom stereocenters. The maximum atomic E-state index is 13.3. The highest BCUT2D eigenvalue weighted by molar-refractivity contribution is 7.89. The first-order valence-electron chi connectivity index (χ1n) is 14.7. The van der Waals surface area contributed by atoms with E-state index in [0.717, 1.165) is 21.9 Å². The highest BCUT2D eigenvalue weighted by Gasteiger charge is 2.41. The lowest BCUT2D eigenvalue weighted by atomic mass is 9.82. The standard InChI is InChI=1S/C32H30F3N7O3S2/c1-20-25(3-2-4-26(20)32(33,34)35)29(43)41-31-40-27-12-7-21(17-28(27)46-31)5-6-22-18-37-30(38-19-22)39-23-8-10-24(11-9-23)47(44,45)42-15-13-36-14-16-42/h2-12,17-20,25,36H,13-16H2,1H3,(H,37,38,39)(H,40,41,43)/b6-5+. The smallest absolute Gasteiger partial charge is 0.324 e. The Hall–Kier alpha value is -4.44. The number of thiazole rings is 1. The summed E-state index contributed by atoms with van der Waals surface area (Å²) < 4.78 is 67.9. The van der Waals surface area contributed by atoms with Crippen LogP contribution in [0, 0.1) is 11.8 Å². The largest absolute Gasteiger partial charge is 0.412 e. The van der Waals surface area contributed by atoms with E-state index in [0.29, 0.717) is 48.5 Å². The molecule has 0 spiro atoms. The van der Waals surface area contributed by atoms with Crippen LogP contribution in [0.3, 0.4) is 0 Å². The van der Waals surface area contributed by atoms with Crippen molar-refractivity contribution < 1.29 is 26.4 Å². The molecule has 2 atom stereocenters. The van der Waals surface area contributed by atoms with Gasteiger partial charge in [0.25, 0.3) is 0 Å². The molecule has 1 fully saturated rings. The number of amides is 1. The van der Waals surface area contributed by atoms with E-state index in [2.05, 4.69) is 30.9 Å². The number of carbonyl (C=O) groups excluding carboxylic acids is 1. The number of rotatable bonds is 8. The maximum Gasteiger partial charge on any atom is 0.412 e. The van der Waals surface area contributed by atoms with Crippen molar-refractivity contribution in [1.29, 1.82) is 0 Å². The van der Waals surface area contributed by atoms with Gasteiger partial charge in [0, 0.05) is 61.3 Å². The molecule has 0 radical (unpaired) electrons. The van der Waals surface area contributed by atoms with Crippen LogP contribution in [0.1, 0.15) is 18.1 Å². The number of hydrogen-bond acceptors (Lipinski definition) is 9. The van der Waals surface area contributed by atoms with Crippen LogP contribution in [-0.4, -0.2) is 65.9 Å². The molecule has 0 saturated carbocycles. The predicted octanol–water partition coefficient (Wildman–Crippen LogP) is 5.84. The van der Waals surface area contributed by atoms with Crippen molar-refractivity contribution in [3.8, 4) is 0 Å². The number of nitrogens with one attached hydrogen (secondary N) is 3. The zero-order valence-electron chi connectivity index (χ0n) is 25.0. The quantitative estimate of drug-likeness (QED) is 0.212. The molecule has 47 heavy (non-hydrogen) atoms. The first-order valence-corrected chi connectivity index (χ1v) is 17.0. The Kier molecular flexibility index (Phi) is 9.23. The Morgan fingerprint density at radius 1 is 1.04 bits per heavy atom. The zero-order valence-corrected chi connectivity index (χ0v) is 26.7. The Bertz CT molecular complexity index is 1970. The van der Waals surface area contributed by atoms with E-state index in [1.165, 1.54) is 34.7 Å². The van der Waals surface area contributed by atoms with Crippen LogP contribution in [0.5, 0.6) is 0 Å². The van der Waals surface area contributed by atoms with Crippen molar-refractivity contribution >= 4 is 66.4 Å². The number of halogens is 3. The van der Waals surface area contributed by atoms with Gasteiger partial charge >= 0.3 is 6.18 Å². The number of benzene rings is 2. The Morgan fingerprint density at radius 3 is 2.45 bits per heavy atom. The van der Waals surface area contributed by atoms with Crippen LogP contribution in [0.4, 0.5) is 29.9 Å². The second-order valence-corrected chi connectivity index (χ2v) is 14.0. The summed E-state index contributed by atoms with van der Waals surface area (Å²) in [6, 6.07) is 12.0. The molecule has 2 aliphatic rings. The van der Waals surface area contributed by atoms with E-state index in [1.807, 2.05) is 24.3 Å². The molecule has 6 rings (SSSR count). The topological polar surface area (TPSA) is 129 Å². The normalized spacial score (nSPS) is 19.2. The third kappa shape index (κ3) is 7.43. The molecule has 2 aromatic heterocycles. The molecule has 3 N–H and O–H groups in total. The van der Waals surface area contributed by atoms with Gasteiger partial charge in [-0.25, -0.2) is 23.4 Å².